The summed E-state index contributed by atoms with van der Waals surface area (Å²) in [5, 5.41) is 4.19. The SMILES string of the molecule is CCNCc1cnc(N2CCS(=O)(=O)CC2)s1. The molecule has 5 nitrogen and oxygen atoms in total. The van der Waals surface area contributed by atoms with E-state index in [9.17, 15) is 8.42 Å². The number of anilines is 1. The molecule has 0 spiro atoms. The van der Waals surface area contributed by atoms with Crippen molar-refractivity contribution >= 4 is 26.3 Å². The van der Waals surface area contributed by atoms with Crippen molar-refractivity contribution in [3.63, 3.8) is 0 Å². The first-order valence-electron chi connectivity index (χ1n) is 5.71. The molecule has 96 valence electrons. The molecule has 2 heterocycles. The molecule has 2 rings (SSSR count). The molecule has 0 bridgehead atoms. The second-order valence-corrected chi connectivity index (χ2v) is 7.43. The fourth-order valence-electron chi connectivity index (χ4n) is 1.68. The Labute approximate surface area is 106 Å². The molecule has 1 aromatic rings. The summed E-state index contributed by atoms with van der Waals surface area (Å²) >= 11 is 1.64. The molecule has 0 radical (unpaired) electrons. The van der Waals surface area contributed by atoms with Gasteiger partial charge in [-0.15, -0.1) is 11.3 Å². The molecular weight excluding hydrogens is 258 g/mol. The Morgan fingerprint density at radius 1 is 1.47 bits per heavy atom. The highest BCUT2D eigenvalue weighted by atomic mass is 32.2. The van der Waals surface area contributed by atoms with Crippen LogP contribution >= 0.6 is 11.3 Å². The Bertz CT molecular complexity index is 456. The predicted molar refractivity (Wildman–Crippen MR) is 70.4 cm³/mol. The highest BCUT2D eigenvalue weighted by Crippen LogP contribution is 2.23. The molecular formula is C10H17N3O2S2. The summed E-state index contributed by atoms with van der Waals surface area (Å²) in [4.78, 5) is 7.60. The molecule has 0 atom stereocenters. The van der Waals surface area contributed by atoms with Crippen molar-refractivity contribution in [1.29, 1.82) is 0 Å². The monoisotopic (exact) mass is 275 g/mol. The molecule has 1 aliphatic rings. The van der Waals surface area contributed by atoms with Gasteiger partial charge in [-0.3, -0.25) is 0 Å². The van der Waals surface area contributed by atoms with E-state index in [0.29, 0.717) is 13.1 Å². The van der Waals surface area contributed by atoms with Crippen molar-refractivity contribution in [2.24, 2.45) is 0 Å². The zero-order chi connectivity index (χ0) is 12.3. The molecule has 1 saturated heterocycles. The third kappa shape index (κ3) is 3.40. The molecule has 1 fully saturated rings. The van der Waals surface area contributed by atoms with Gasteiger partial charge in [-0.25, -0.2) is 13.4 Å². The lowest BCUT2D eigenvalue weighted by molar-refractivity contribution is 0.586. The summed E-state index contributed by atoms with van der Waals surface area (Å²) in [5.41, 5.74) is 0. The lowest BCUT2D eigenvalue weighted by Gasteiger charge is -2.25. The van der Waals surface area contributed by atoms with Gasteiger partial charge >= 0.3 is 0 Å². The largest absolute Gasteiger partial charge is 0.346 e. The van der Waals surface area contributed by atoms with E-state index in [-0.39, 0.29) is 11.5 Å². The van der Waals surface area contributed by atoms with Crippen molar-refractivity contribution in [2.75, 3.05) is 36.0 Å². The van der Waals surface area contributed by atoms with E-state index in [2.05, 4.69) is 22.1 Å². The number of hydrogen-bond acceptors (Lipinski definition) is 6. The van der Waals surface area contributed by atoms with Crippen LogP contribution < -0.4 is 10.2 Å². The van der Waals surface area contributed by atoms with Gasteiger partial charge in [0, 0.05) is 30.7 Å². The van der Waals surface area contributed by atoms with Crippen LogP contribution in [0.15, 0.2) is 6.20 Å². The molecule has 0 aromatic carbocycles. The number of nitrogens with zero attached hydrogens (tertiary/aromatic N) is 2. The average molecular weight is 275 g/mol. The molecule has 0 saturated carbocycles. The summed E-state index contributed by atoms with van der Waals surface area (Å²) in [6.45, 7) is 4.97. The number of hydrogen-bond donors (Lipinski definition) is 1. The summed E-state index contributed by atoms with van der Waals surface area (Å²) in [6, 6.07) is 0. The number of sulfone groups is 1. The van der Waals surface area contributed by atoms with E-state index in [0.717, 1.165) is 18.2 Å². The quantitative estimate of drug-likeness (QED) is 0.866. The van der Waals surface area contributed by atoms with Gasteiger partial charge in [0.25, 0.3) is 0 Å². The van der Waals surface area contributed by atoms with Crippen molar-refractivity contribution < 1.29 is 8.42 Å². The van der Waals surface area contributed by atoms with Gasteiger partial charge in [0.15, 0.2) is 15.0 Å². The minimum atomic E-state index is -2.81. The summed E-state index contributed by atoms with van der Waals surface area (Å²) in [7, 11) is -2.81. The molecule has 1 N–H and O–H groups in total. The van der Waals surface area contributed by atoms with Crippen molar-refractivity contribution in [2.45, 2.75) is 13.5 Å². The van der Waals surface area contributed by atoms with Crippen LogP contribution in [-0.4, -0.2) is 44.5 Å². The Morgan fingerprint density at radius 3 is 2.82 bits per heavy atom. The second-order valence-electron chi connectivity index (χ2n) is 4.03. The van der Waals surface area contributed by atoms with Crippen LogP contribution in [0.3, 0.4) is 0 Å². The minimum Gasteiger partial charge on any atom is -0.346 e. The van der Waals surface area contributed by atoms with Crippen LogP contribution in [0.4, 0.5) is 5.13 Å². The van der Waals surface area contributed by atoms with Crippen LogP contribution in [0.5, 0.6) is 0 Å². The van der Waals surface area contributed by atoms with Crippen LogP contribution in [0, 0.1) is 0 Å². The zero-order valence-corrected chi connectivity index (χ0v) is 11.5. The molecule has 7 heteroatoms. The highest BCUT2D eigenvalue weighted by Gasteiger charge is 2.23. The third-order valence-corrected chi connectivity index (χ3v) is 5.37. The van der Waals surface area contributed by atoms with E-state index >= 15 is 0 Å². The van der Waals surface area contributed by atoms with E-state index in [4.69, 9.17) is 0 Å². The summed E-state index contributed by atoms with van der Waals surface area (Å²) < 4.78 is 22.6. The Balaban J connectivity index is 1.96. The molecule has 17 heavy (non-hydrogen) atoms. The topological polar surface area (TPSA) is 62.3 Å². The van der Waals surface area contributed by atoms with E-state index in [1.807, 2.05) is 6.20 Å². The third-order valence-electron chi connectivity index (χ3n) is 2.71. The normalized spacial score (nSPS) is 19.5. The fourth-order valence-corrected chi connectivity index (χ4v) is 3.81. The maximum Gasteiger partial charge on any atom is 0.185 e. The number of thiazole rings is 1. The Kier molecular flexibility index (Phi) is 4.01. The average Bonchev–Trinajstić information content (AvgIpc) is 2.75. The lowest BCUT2D eigenvalue weighted by Crippen LogP contribution is -2.40. The van der Waals surface area contributed by atoms with Crippen LogP contribution in [0.25, 0.3) is 0 Å². The van der Waals surface area contributed by atoms with Gasteiger partial charge in [-0.05, 0) is 6.54 Å². The Morgan fingerprint density at radius 2 is 2.18 bits per heavy atom. The minimum absolute atomic E-state index is 0.245. The van der Waals surface area contributed by atoms with Gasteiger partial charge in [0.1, 0.15) is 0 Å². The molecule has 0 aliphatic carbocycles. The van der Waals surface area contributed by atoms with Crippen molar-refractivity contribution in [3.8, 4) is 0 Å². The molecule has 0 amide bonds. The van der Waals surface area contributed by atoms with E-state index in [1.165, 1.54) is 4.88 Å². The molecule has 1 aromatic heterocycles. The molecule has 1 aliphatic heterocycles. The first-order chi connectivity index (χ1) is 8.11. The highest BCUT2D eigenvalue weighted by molar-refractivity contribution is 7.91. The second kappa shape index (κ2) is 5.32. The molecule has 0 unspecified atom stereocenters. The van der Waals surface area contributed by atoms with Gasteiger partial charge in [-0.2, -0.15) is 0 Å². The van der Waals surface area contributed by atoms with Gasteiger partial charge in [0.05, 0.1) is 11.5 Å². The smallest absolute Gasteiger partial charge is 0.185 e. The summed E-state index contributed by atoms with van der Waals surface area (Å²) in [5.74, 6) is 0.490. The summed E-state index contributed by atoms with van der Waals surface area (Å²) in [6.07, 6.45) is 1.87. The zero-order valence-electron chi connectivity index (χ0n) is 9.85. The first-order valence-corrected chi connectivity index (χ1v) is 8.35. The van der Waals surface area contributed by atoms with Gasteiger partial charge in [-0.1, -0.05) is 6.92 Å². The first kappa shape index (κ1) is 12.8. The maximum atomic E-state index is 11.3. The number of aromatic nitrogens is 1. The van der Waals surface area contributed by atoms with Gasteiger partial charge in [0.2, 0.25) is 0 Å². The fraction of sp³-hybridized carbons (Fsp3) is 0.700. The van der Waals surface area contributed by atoms with Crippen molar-refractivity contribution in [1.82, 2.24) is 10.3 Å². The number of rotatable bonds is 4. The van der Waals surface area contributed by atoms with Crippen LogP contribution in [-0.2, 0) is 16.4 Å². The standard InChI is InChI=1S/C10H17N3O2S2/c1-2-11-7-9-8-12-10(16-9)13-3-5-17(14,15)6-4-13/h8,11H,2-7H2,1H3. The van der Waals surface area contributed by atoms with Crippen LogP contribution in [0.1, 0.15) is 11.8 Å². The predicted octanol–water partition coefficient (Wildman–Crippen LogP) is 0.487. The van der Waals surface area contributed by atoms with E-state index in [1.54, 1.807) is 11.3 Å². The lowest BCUT2D eigenvalue weighted by atomic mass is 10.5. The number of nitrogens with one attached hydrogen (secondary N) is 1. The van der Waals surface area contributed by atoms with Crippen LogP contribution in [0.2, 0.25) is 0 Å². The maximum absolute atomic E-state index is 11.3. The van der Waals surface area contributed by atoms with Crippen molar-refractivity contribution in [3.05, 3.63) is 11.1 Å². The van der Waals surface area contributed by atoms with Gasteiger partial charge < -0.3 is 10.2 Å². The Hall–Kier alpha value is -0.660. The van der Waals surface area contributed by atoms with E-state index < -0.39 is 9.84 Å².